The van der Waals surface area contributed by atoms with E-state index in [2.05, 4.69) is 6.92 Å². The number of benzene rings is 1. The van der Waals surface area contributed by atoms with Gasteiger partial charge in [-0.2, -0.15) is 0 Å². The average Bonchev–Trinajstić information content (AvgIpc) is 2.27. The van der Waals surface area contributed by atoms with Crippen LogP contribution in [0.4, 0.5) is 0 Å². The van der Waals surface area contributed by atoms with Gasteiger partial charge in [-0.05, 0) is 25.5 Å². The zero-order valence-electron chi connectivity index (χ0n) is 9.31. The van der Waals surface area contributed by atoms with Crippen LogP contribution >= 0.6 is 0 Å². The maximum Gasteiger partial charge on any atom is 0.189 e. The Bertz CT molecular complexity index is 298. The largest absolute Gasteiger partial charge is 0.284 e. The van der Waals surface area contributed by atoms with Crippen LogP contribution in [0.3, 0.4) is 0 Å². The van der Waals surface area contributed by atoms with E-state index in [0.29, 0.717) is 0 Å². The fourth-order valence-corrected chi connectivity index (χ4v) is 2.16. The van der Waals surface area contributed by atoms with Gasteiger partial charge in [-0.1, -0.05) is 38.0 Å². The summed E-state index contributed by atoms with van der Waals surface area (Å²) < 4.78 is 17.1. The summed E-state index contributed by atoms with van der Waals surface area (Å²) >= 11 is -1.32. The molecule has 3 heteroatoms. The highest BCUT2D eigenvalue weighted by Crippen LogP contribution is 2.12. The molecule has 1 aromatic rings. The van der Waals surface area contributed by atoms with Crippen LogP contribution in [-0.2, 0) is 15.3 Å². The predicted octanol–water partition coefficient (Wildman–Crippen LogP) is 3.30. The Hall–Kier alpha value is -0.670. The van der Waals surface area contributed by atoms with Crippen LogP contribution in [0.15, 0.2) is 35.2 Å². The fraction of sp³-hybridized carbons (Fsp3) is 0.500. The first-order valence-corrected chi connectivity index (χ1v) is 6.45. The lowest BCUT2D eigenvalue weighted by atomic mass is 10.2. The lowest BCUT2D eigenvalue weighted by Crippen LogP contribution is -2.10. The summed E-state index contributed by atoms with van der Waals surface area (Å²) in [7, 11) is 0. The Balaban J connectivity index is 2.42. The zero-order chi connectivity index (χ0) is 11.1. The van der Waals surface area contributed by atoms with E-state index in [-0.39, 0.29) is 6.10 Å². The van der Waals surface area contributed by atoms with Gasteiger partial charge in [0.05, 0.1) is 11.0 Å². The lowest BCUT2D eigenvalue weighted by Gasteiger charge is -2.10. The molecule has 15 heavy (non-hydrogen) atoms. The van der Waals surface area contributed by atoms with Gasteiger partial charge in [0.2, 0.25) is 0 Å². The van der Waals surface area contributed by atoms with Crippen molar-refractivity contribution in [3.8, 4) is 0 Å². The van der Waals surface area contributed by atoms with Crippen molar-refractivity contribution >= 4 is 11.1 Å². The molecular formula is C12H18O2S. The van der Waals surface area contributed by atoms with Crippen LogP contribution in [0.2, 0.25) is 0 Å². The molecule has 0 saturated carbocycles. The van der Waals surface area contributed by atoms with Crippen LogP contribution in [0.25, 0.3) is 0 Å². The van der Waals surface area contributed by atoms with E-state index in [0.717, 1.165) is 24.2 Å². The second-order valence-electron chi connectivity index (χ2n) is 3.60. The maximum absolute atomic E-state index is 11.7. The molecule has 2 nitrogen and oxygen atoms in total. The minimum atomic E-state index is -1.32. The summed E-state index contributed by atoms with van der Waals surface area (Å²) in [5, 5.41) is 0. The third-order valence-electron chi connectivity index (χ3n) is 2.15. The van der Waals surface area contributed by atoms with Crippen molar-refractivity contribution < 1.29 is 8.39 Å². The minimum absolute atomic E-state index is 0.0611. The van der Waals surface area contributed by atoms with E-state index in [9.17, 15) is 4.21 Å². The zero-order valence-corrected chi connectivity index (χ0v) is 10.1. The Kier molecular flexibility index (Phi) is 5.58. The van der Waals surface area contributed by atoms with Crippen LogP contribution in [0, 0.1) is 0 Å². The minimum Gasteiger partial charge on any atom is -0.284 e. The van der Waals surface area contributed by atoms with Crippen LogP contribution < -0.4 is 0 Å². The monoisotopic (exact) mass is 226 g/mol. The van der Waals surface area contributed by atoms with E-state index < -0.39 is 11.1 Å². The molecule has 0 aromatic heterocycles. The van der Waals surface area contributed by atoms with E-state index in [1.807, 2.05) is 37.3 Å². The standard InChI is InChI=1S/C12H18O2S/c1-3-4-8-11(2)14-15(13)12-9-6-5-7-10-12/h5-7,9-11H,3-4,8H2,1-2H3. The van der Waals surface area contributed by atoms with Gasteiger partial charge >= 0.3 is 0 Å². The highest BCUT2D eigenvalue weighted by Gasteiger charge is 2.09. The van der Waals surface area contributed by atoms with Gasteiger partial charge in [-0.3, -0.25) is 4.18 Å². The molecule has 0 fully saturated rings. The predicted molar refractivity (Wildman–Crippen MR) is 62.9 cm³/mol. The van der Waals surface area contributed by atoms with Crippen LogP contribution in [0.5, 0.6) is 0 Å². The first-order valence-electron chi connectivity index (χ1n) is 5.38. The molecule has 0 heterocycles. The first-order chi connectivity index (χ1) is 7.24. The number of unbranched alkanes of at least 4 members (excludes halogenated alkanes) is 1. The third-order valence-corrected chi connectivity index (χ3v) is 3.31. The van der Waals surface area contributed by atoms with Crippen molar-refractivity contribution in [2.45, 2.75) is 44.1 Å². The molecule has 0 aliphatic heterocycles. The average molecular weight is 226 g/mol. The summed E-state index contributed by atoms with van der Waals surface area (Å²) in [6, 6.07) is 9.28. The Morgan fingerprint density at radius 1 is 1.33 bits per heavy atom. The van der Waals surface area contributed by atoms with Gasteiger partial charge in [0.25, 0.3) is 0 Å². The van der Waals surface area contributed by atoms with Gasteiger partial charge < -0.3 is 0 Å². The molecule has 1 rings (SSSR count). The number of rotatable bonds is 6. The van der Waals surface area contributed by atoms with Crippen molar-refractivity contribution in [2.24, 2.45) is 0 Å². The molecule has 1 aromatic carbocycles. The molecule has 0 spiro atoms. The van der Waals surface area contributed by atoms with Crippen molar-refractivity contribution in [1.82, 2.24) is 0 Å². The summed E-state index contributed by atoms with van der Waals surface area (Å²) in [6.07, 6.45) is 3.29. The topological polar surface area (TPSA) is 26.3 Å². The fourth-order valence-electron chi connectivity index (χ4n) is 1.28. The summed E-state index contributed by atoms with van der Waals surface area (Å²) in [4.78, 5) is 0.737. The van der Waals surface area contributed by atoms with Crippen molar-refractivity contribution in [3.05, 3.63) is 30.3 Å². The van der Waals surface area contributed by atoms with E-state index in [1.165, 1.54) is 0 Å². The molecule has 0 saturated heterocycles. The van der Waals surface area contributed by atoms with Crippen LogP contribution in [0.1, 0.15) is 33.1 Å². The number of hydrogen-bond donors (Lipinski definition) is 0. The first kappa shape index (κ1) is 12.4. The highest BCUT2D eigenvalue weighted by molar-refractivity contribution is 7.80. The summed E-state index contributed by atoms with van der Waals surface area (Å²) in [5.41, 5.74) is 0. The lowest BCUT2D eigenvalue weighted by molar-refractivity contribution is 0.231. The number of hydrogen-bond acceptors (Lipinski definition) is 2. The molecule has 2 unspecified atom stereocenters. The van der Waals surface area contributed by atoms with Gasteiger partial charge in [-0.25, -0.2) is 4.21 Å². The SMILES string of the molecule is CCCCC(C)OS(=O)c1ccccc1. The third kappa shape index (κ3) is 4.58. The molecule has 0 aliphatic carbocycles. The van der Waals surface area contributed by atoms with Crippen molar-refractivity contribution in [1.29, 1.82) is 0 Å². The van der Waals surface area contributed by atoms with Crippen molar-refractivity contribution in [2.75, 3.05) is 0 Å². The van der Waals surface area contributed by atoms with Gasteiger partial charge in [0, 0.05) is 0 Å². The van der Waals surface area contributed by atoms with Crippen molar-refractivity contribution in [3.63, 3.8) is 0 Å². The quantitative estimate of drug-likeness (QED) is 0.744. The van der Waals surface area contributed by atoms with Crippen LogP contribution in [-0.4, -0.2) is 10.3 Å². The summed E-state index contributed by atoms with van der Waals surface area (Å²) in [5.74, 6) is 0. The molecule has 2 atom stereocenters. The Morgan fingerprint density at radius 3 is 2.60 bits per heavy atom. The summed E-state index contributed by atoms with van der Waals surface area (Å²) in [6.45, 7) is 4.11. The van der Waals surface area contributed by atoms with E-state index in [1.54, 1.807) is 0 Å². The highest BCUT2D eigenvalue weighted by atomic mass is 32.2. The van der Waals surface area contributed by atoms with E-state index in [4.69, 9.17) is 4.18 Å². The molecule has 0 radical (unpaired) electrons. The molecule has 0 N–H and O–H groups in total. The Morgan fingerprint density at radius 2 is 2.00 bits per heavy atom. The molecule has 0 amide bonds. The maximum atomic E-state index is 11.7. The van der Waals surface area contributed by atoms with Gasteiger partial charge in [-0.15, -0.1) is 0 Å². The second-order valence-corrected chi connectivity index (χ2v) is 4.73. The Labute approximate surface area is 94.3 Å². The molecule has 0 aliphatic rings. The normalized spacial score (nSPS) is 14.8. The molecule has 84 valence electrons. The van der Waals surface area contributed by atoms with E-state index >= 15 is 0 Å². The van der Waals surface area contributed by atoms with Gasteiger partial charge in [0.1, 0.15) is 0 Å². The smallest absolute Gasteiger partial charge is 0.189 e. The molecular weight excluding hydrogens is 208 g/mol. The second kappa shape index (κ2) is 6.75. The molecule has 0 bridgehead atoms. The van der Waals surface area contributed by atoms with Gasteiger partial charge in [0.15, 0.2) is 11.1 Å².